The van der Waals surface area contributed by atoms with Gasteiger partial charge in [-0.15, -0.1) is 0 Å². The lowest BCUT2D eigenvalue weighted by Gasteiger charge is -2.04. The van der Waals surface area contributed by atoms with Crippen LogP contribution in [0.15, 0.2) is 24.3 Å². The van der Waals surface area contributed by atoms with Gasteiger partial charge in [-0.05, 0) is 18.1 Å². The smallest absolute Gasteiger partial charge is 0.155 e. The summed E-state index contributed by atoms with van der Waals surface area (Å²) in [6.07, 6.45) is 0. The Bertz CT molecular complexity index is 439. The fourth-order valence-electron chi connectivity index (χ4n) is 1.51. The van der Waals surface area contributed by atoms with Crippen LogP contribution in [0.1, 0.15) is 5.56 Å². The lowest BCUT2D eigenvalue weighted by Crippen LogP contribution is -1.92. The van der Waals surface area contributed by atoms with Gasteiger partial charge in [-0.25, -0.2) is 0 Å². The van der Waals surface area contributed by atoms with E-state index < -0.39 is 0 Å². The number of nitrogens with one attached hydrogen (secondary N) is 1. The van der Waals surface area contributed by atoms with E-state index in [1.165, 1.54) is 0 Å². The van der Waals surface area contributed by atoms with E-state index in [-0.39, 0.29) is 0 Å². The van der Waals surface area contributed by atoms with Gasteiger partial charge >= 0.3 is 0 Å². The van der Waals surface area contributed by atoms with Crippen LogP contribution in [0.2, 0.25) is 0 Å². The highest BCUT2D eigenvalue weighted by atomic mass is 15.2. The molecule has 0 radical (unpaired) electrons. The van der Waals surface area contributed by atoms with Crippen LogP contribution < -0.4 is 11.5 Å². The summed E-state index contributed by atoms with van der Waals surface area (Å²) in [4.78, 5) is 0. The lowest BCUT2D eigenvalue weighted by atomic mass is 10.0. The minimum atomic E-state index is 0.441. The largest absolute Gasteiger partial charge is 0.383 e. The molecule has 0 atom stereocenters. The first-order valence-electron chi connectivity index (χ1n) is 4.35. The Labute approximate surface area is 81.9 Å². The standard InChI is InChI=1S/C10H12N4/c1-6-4-2-3-5-7(6)8-9(11)13-14-10(8)12/h2-5H,1H3,(H5,11,12,13,14). The first-order chi connectivity index (χ1) is 6.70. The monoisotopic (exact) mass is 188 g/mol. The van der Waals surface area contributed by atoms with E-state index in [9.17, 15) is 0 Å². The summed E-state index contributed by atoms with van der Waals surface area (Å²) >= 11 is 0. The molecule has 4 heteroatoms. The number of hydrogen-bond donors (Lipinski definition) is 3. The van der Waals surface area contributed by atoms with Crippen molar-refractivity contribution in [1.29, 1.82) is 0 Å². The Morgan fingerprint density at radius 1 is 1.21 bits per heavy atom. The molecule has 0 bridgehead atoms. The van der Waals surface area contributed by atoms with Gasteiger partial charge in [0, 0.05) is 0 Å². The number of nitrogens with two attached hydrogens (primary N) is 2. The summed E-state index contributed by atoms with van der Waals surface area (Å²) in [7, 11) is 0. The van der Waals surface area contributed by atoms with Crippen LogP contribution >= 0.6 is 0 Å². The summed E-state index contributed by atoms with van der Waals surface area (Å²) in [6, 6.07) is 7.92. The van der Waals surface area contributed by atoms with E-state index in [1.807, 2.05) is 31.2 Å². The van der Waals surface area contributed by atoms with Gasteiger partial charge in [0.1, 0.15) is 5.82 Å². The maximum atomic E-state index is 5.74. The number of anilines is 2. The molecule has 2 aromatic rings. The highest BCUT2D eigenvalue weighted by Gasteiger charge is 2.11. The van der Waals surface area contributed by atoms with Crippen LogP contribution in [0.5, 0.6) is 0 Å². The molecule has 4 nitrogen and oxygen atoms in total. The van der Waals surface area contributed by atoms with Crippen molar-refractivity contribution in [3.05, 3.63) is 29.8 Å². The van der Waals surface area contributed by atoms with Gasteiger partial charge in [0.2, 0.25) is 0 Å². The number of H-pyrrole nitrogens is 1. The van der Waals surface area contributed by atoms with Gasteiger partial charge in [-0.2, -0.15) is 5.10 Å². The normalized spacial score (nSPS) is 10.4. The Kier molecular flexibility index (Phi) is 1.89. The van der Waals surface area contributed by atoms with Crippen molar-refractivity contribution in [3.63, 3.8) is 0 Å². The Morgan fingerprint density at radius 3 is 2.50 bits per heavy atom. The average molecular weight is 188 g/mol. The number of rotatable bonds is 1. The molecule has 1 heterocycles. The third-order valence-electron chi connectivity index (χ3n) is 2.24. The third-order valence-corrected chi connectivity index (χ3v) is 2.24. The van der Waals surface area contributed by atoms with E-state index in [4.69, 9.17) is 11.5 Å². The van der Waals surface area contributed by atoms with Crippen molar-refractivity contribution >= 4 is 11.6 Å². The predicted octanol–water partition coefficient (Wildman–Crippen LogP) is 1.55. The fraction of sp³-hybridized carbons (Fsp3) is 0.100. The van der Waals surface area contributed by atoms with Crippen molar-refractivity contribution in [3.8, 4) is 11.1 Å². The molecule has 0 saturated heterocycles. The molecule has 72 valence electrons. The van der Waals surface area contributed by atoms with E-state index >= 15 is 0 Å². The molecule has 5 N–H and O–H groups in total. The van der Waals surface area contributed by atoms with Crippen LogP contribution in [-0.4, -0.2) is 10.2 Å². The average Bonchev–Trinajstić information content (AvgIpc) is 2.48. The third kappa shape index (κ3) is 1.21. The number of hydrogen-bond acceptors (Lipinski definition) is 3. The van der Waals surface area contributed by atoms with E-state index in [2.05, 4.69) is 10.2 Å². The van der Waals surface area contributed by atoms with Gasteiger partial charge in [0.05, 0.1) is 5.56 Å². The highest BCUT2D eigenvalue weighted by Crippen LogP contribution is 2.31. The minimum absolute atomic E-state index is 0.441. The summed E-state index contributed by atoms with van der Waals surface area (Å²) in [6.45, 7) is 2.02. The minimum Gasteiger partial charge on any atom is -0.383 e. The summed E-state index contributed by atoms with van der Waals surface area (Å²) in [5.74, 6) is 0.952. The van der Waals surface area contributed by atoms with Gasteiger partial charge < -0.3 is 11.5 Å². The molecule has 2 rings (SSSR count). The topological polar surface area (TPSA) is 80.7 Å². The van der Waals surface area contributed by atoms with Crippen molar-refractivity contribution in [2.24, 2.45) is 0 Å². The quantitative estimate of drug-likeness (QED) is 0.635. The molecule has 0 aliphatic carbocycles. The molecular weight excluding hydrogens is 176 g/mol. The number of aromatic nitrogens is 2. The molecule has 1 aromatic heterocycles. The Hall–Kier alpha value is -1.97. The Morgan fingerprint density at radius 2 is 1.93 bits per heavy atom. The number of benzene rings is 1. The fourth-order valence-corrected chi connectivity index (χ4v) is 1.51. The molecule has 14 heavy (non-hydrogen) atoms. The number of nitrogen functional groups attached to an aromatic ring is 2. The maximum absolute atomic E-state index is 5.74. The van der Waals surface area contributed by atoms with Crippen molar-refractivity contribution in [1.82, 2.24) is 10.2 Å². The summed E-state index contributed by atoms with van der Waals surface area (Å²) < 4.78 is 0. The van der Waals surface area contributed by atoms with Gasteiger partial charge in [-0.3, -0.25) is 5.10 Å². The number of aromatic amines is 1. The molecular formula is C10H12N4. The van der Waals surface area contributed by atoms with E-state index in [1.54, 1.807) is 0 Å². The van der Waals surface area contributed by atoms with Crippen molar-refractivity contribution in [2.75, 3.05) is 11.5 Å². The van der Waals surface area contributed by atoms with E-state index in [0.29, 0.717) is 11.6 Å². The SMILES string of the molecule is Cc1ccccc1-c1c(N)n[nH]c1N. The van der Waals surface area contributed by atoms with Gasteiger partial charge in [-0.1, -0.05) is 24.3 Å². The highest BCUT2D eigenvalue weighted by molar-refractivity contribution is 5.84. The maximum Gasteiger partial charge on any atom is 0.155 e. The first kappa shape index (κ1) is 8.62. The predicted molar refractivity (Wildman–Crippen MR) is 57.6 cm³/mol. The molecule has 0 aliphatic heterocycles. The van der Waals surface area contributed by atoms with Gasteiger partial charge in [0.15, 0.2) is 5.82 Å². The van der Waals surface area contributed by atoms with Crippen LogP contribution in [-0.2, 0) is 0 Å². The molecule has 0 saturated carbocycles. The second-order valence-electron chi connectivity index (χ2n) is 3.21. The second-order valence-corrected chi connectivity index (χ2v) is 3.21. The van der Waals surface area contributed by atoms with Crippen molar-refractivity contribution in [2.45, 2.75) is 6.92 Å². The molecule has 1 aromatic carbocycles. The first-order valence-corrected chi connectivity index (χ1v) is 4.35. The zero-order valence-electron chi connectivity index (χ0n) is 7.91. The molecule has 0 aliphatic rings. The van der Waals surface area contributed by atoms with Crippen LogP contribution in [0, 0.1) is 6.92 Å². The van der Waals surface area contributed by atoms with Crippen LogP contribution in [0.3, 0.4) is 0 Å². The molecule has 0 unspecified atom stereocenters. The zero-order chi connectivity index (χ0) is 10.1. The van der Waals surface area contributed by atoms with Gasteiger partial charge in [0.25, 0.3) is 0 Å². The molecule has 0 fully saturated rings. The summed E-state index contributed by atoms with van der Waals surface area (Å²) in [5.41, 5.74) is 14.4. The Balaban J connectivity index is 2.66. The number of nitrogens with zero attached hydrogens (tertiary/aromatic N) is 1. The van der Waals surface area contributed by atoms with Crippen molar-refractivity contribution < 1.29 is 0 Å². The lowest BCUT2D eigenvalue weighted by molar-refractivity contribution is 1.11. The molecule has 0 spiro atoms. The van der Waals surface area contributed by atoms with E-state index in [0.717, 1.165) is 16.7 Å². The second kappa shape index (κ2) is 3.06. The van der Waals surface area contributed by atoms with Crippen LogP contribution in [0.4, 0.5) is 11.6 Å². The number of aryl methyl sites for hydroxylation is 1. The van der Waals surface area contributed by atoms with Crippen LogP contribution in [0.25, 0.3) is 11.1 Å². The summed E-state index contributed by atoms with van der Waals surface area (Å²) in [5, 5.41) is 6.53. The molecule has 0 amide bonds. The zero-order valence-corrected chi connectivity index (χ0v) is 7.91.